The maximum Gasteiger partial charge on any atom is 0.294 e. The largest absolute Gasteiger partial charge is 0.497 e. The van der Waals surface area contributed by atoms with Gasteiger partial charge in [-0.1, -0.05) is 12.1 Å². The number of carbonyl (C=O) groups is 3. The van der Waals surface area contributed by atoms with Crippen LogP contribution in [-0.4, -0.2) is 53.1 Å². The lowest BCUT2D eigenvalue weighted by molar-refractivity contribution is -0.138. The number of likely N-dealkylation sites (tertiary alicyclic amines) is 1. The third kappa shape index (κ3) is 3.93. The van der Waals surface area contributed by atoms with Crippen molar-refractivity contribution in [3.8, 4) is 5.75 Å². The molecule has 2 saturated heterocycles. The third-order valence-electron chi connectivity index (χ3n) is 4.70. The molecule has 6 nitrogen and oxygen atoms in total. The molecule has 2 fully saturated rings. The summed E-state index contributed by atoms with van der Waals surface area (Å²) in [5, 5.41) is -0.396. The zero-order chi connectivity index (χ0) is 18.7. The smallest absolute Gasteiger partial charge is 0.294 e. The number of amides is 3. The highest BCUT2D eigenvalue weighted by Crippen LogP contribution is 2.32. The highest BCUT2D eigenvalue weighted by molar-refractivity contribution is 8.18. The zero-order valence-electron chi connectivity index (χ0n) is 14.9. The Morgan fingerprint density at radius 2 is 2.00 bits per heavy atom. The summed E-state index contributed by atoms with van der Waals surface area (Å²) >= 11 is 0.873. The molecule has 1 atom stereocenters. The number of benzene rings is 1. The standard InChI is InChI=1S/C19H22N2O4S/c1-13-5-3-4-10-20(13)17(22)12-21-18(23)16(26-19(21)24)11-14-6-8-15(25-2)9-7-14/h6-9,11,13H,3-5,10,12H2,1-2H3/b16-11-/t13-/m0/s1. The number of imide groups is 1. The Balaban J connectivity index is 1.69. The zero-order valence-corrected chi connectivity index (χ0v) is 15.8. The Hall–Kier alpha value is -2.28. The van der Waals surface area contributed by atoms with Crippen LogP contribution in [0.5, 0.6) is 5.75 Å². The van der Waals surface area contributed by atoms with Gasteiger partial charge in [-0.3, -0.25) is 19.3 Å². The summed E-state index contributed by atoms with van der Waals surface area (Å²) in [6.07, 6.45) is 4.70. The van der Waals surface area contributed by atoms with Gasteiger partial charge >= 0.3 is 0 Å². The van der Waals surface area contributed by atoms with Gasteiger partial charge in [0.25, 0.3) is 11.1 Å². The highest BCUT2D eigenvalue weighted by atomic mass is 32.2. The van der Waals surface area contributed by atoms with Gasteiger partial charge in [0, 0.05) is 12.6 Å². The van der Waals surface area contributed by atoms with E-state index in [1.165, 1.54) is 0 Å². The summed E-state index contributed by atoms with van der Waals surface area (Å²) < 4.78 is 5.11. The summed E-state index contributed by atoms with van der Waals surface area (Å²) in [7, 11) is 1.58. The Morgan fingerprint density at radius 3 is 2.65 bits per heavy atom. The molecule has 138 valence electrons. The van der Waals surface area contributed by atoms with Gasteiger partial charge in [0.15, 0.2) is 0 Å². The number of thioether (sulfide) groups is 1. The fourth-order valence-electron chi connectivity index (χ4n) is 3.18. The predicted molar refractivity (Wildman–Crippen MR) is 101 cm³/mol. The van der Waals surface area contributed by atoms with Crippen LogP contribution in [0.3, 0.4) is 0 Å². The lowest BCUT2D eigenvalue weighted by Gasteiger charge is -2.34. The normalized spacial score (nSPS) is 22.2. The van der Waals surface area contributed by atoms with Crippen molar-refractivity contribution in [2.75, 3.05) is 20.2 Å². The van der Waals surface area contributed by atoms with E-state index >= 15 is 0 Å². The molecule has 0 radical (unpaired) electrons. The molecule has 0 N–H and O–H groups in total. The summed E-state index contributed by atoms with van der Waals surface area (Å²) in [5.41, 5.74) is 0.798. The van der Waals surface area contributed by atoms with E-state index in [1.807, 2.05) is 19.1 Å². The minimum absolute atomic E-state index is 0.158. The molecule has 1 aromatic carbocycles. The van der Waals surface area contributed by atoms with Crippen molar-refractivity contribution in [2.24, 2.45) is 0 Å². The van der Waals surface area contributed by atoms with Crippen LogP contribution in [0.4, 0.5) is 4.79 Å². The van der Waals surface area contributed by atoms with E-state index in [4.69, 9.17) is 4.74 Å². The molecule has 0 aromatic heterocycles. The van der Waals surface area contributed by atoms with E-state index in [1.54, 1.807) is 30.2 Å². The predicted octanol–water partition coefficient (Wildman–Crippen LogP) is 3.13. The number of methoxy groups -OCH3 is 1. The average Bonchev–Trinajstić information content (AvgIpc) is 2.90. The lowest BCUT2D eigenvalue weighted by atomic mass is 10.0. The Kier molecular flexibility index (Phi) is 5.66. The Labute approximate surface area is 157 Å². The molecular formula is C19H22N2O4S. The van der Waals surface area contributed by atoms with Crippen LogP contribution in [0.2, 0.25) is 0 Å². The number of hydrogen-bond donors (Lipinski definition) is 0. The van der Waals surface area contributed by atoms with Gasteiger partial charge in [0.1, 0.15) is 12.3 Å². The molecular weight excluding hydrogens is 352 g/mol. The maximum absolute atomic E-state index is 12.6. The number of nitrogens with zero attached hydrogens (tertiary/aromatic N) is 2. The van der Waals surface area contributed by atoms with E-state index in [9.17, 15) is 14.4 Å². The number of ether oxygens (including phenoxy) is 1. The van der Waals surface area contributed by atoms with Gasteiger partial charge in [-0.25, -0.2) is 0 Å². The number of hydrogen-bond acceptors (Lipinski definition) is 5. The molecule has 3 amide bonds. The van der Waals surface area contributed by atoms with Crippen molar-refractivity contribution >= 4 is 34.9 Å². The van der Waals surface area contributed by atoms with Crippen molar-refractivity contribution in [3.63, 3.8) is 0 Å². The first kappa shape index (κ1) is 18.5. The van der Waals surface area contributed by atoms with Crippen molar-refractivity contribution < 1.29 is 19.1 Å². The number of rotatable bonds is 4. The van der Waals surface area contributed by atoms with Gasteiger partial charge in [0.05, 0.1) is 12.0 Å². The minimum Gasteiger partial charge on any atom is -0.497 e. The van der Waals surface area contributed by atoms with E-state index in [2.05, 4.69) is 0 Å². The van der Waals surface area contributed by atoms with E-state index in [0.29, 0.717) is 11.4 Å². The van der Waals surface area contributed by atoms with Crippen molar-refractivity contribution in [2.45, 2.75) is 32.2 Å². The second-order valence-electron chi connectivity index (χ2n) is 6.47. The SMILES string of the molecule is COc1ccc(/C=C2\SC(=O)N(CC(=O)N3CCCC[C@@H]3C)C2=O)cc1. The first-order valence-electron chi connectivity index (χ1n) is 8.68. The molecule has 0 saturated carbocycles. The number of piperidine rings is 1. The molecule has 2 heterocycles. The van der Waals surface area contributed by atoms with Gasteiger partial charge in [-0.2, -0.15) is 0 Å². The van der Waals surface area contributed by atoms with E-state index < -0.39 is 11.1 Å². The third-order valence-corrected chi connectivity index (χ3v) is 5.61. The van der Waals surface area contributed by atoms with Crippen LogP contribution in [-0.2, 0) is 9.59 Å². The Bertz CT molecular complexity index is 744. The first-order valence-corrected chi connectivity index (χ1v) is 9.50. The molecule has 2 aliphatic rings. The van der Waals surface area contributed by atoms with Gasteiger partial charge < -0.3 is 9.64 Å². The van der Waals surface area contributed by atoms with E-state index in [-0.39, 0.29) is 18.5 Å². The first-order chi connectivity index (χ1) is 12.5. The van der Waals surface area contributed by atoms with Gasteiger partial charge in [-0.05, 0) is 61.7 Å². The van der Waals surface area contributed by atoms with Crippen LogP contribution in [0.15, 0.2) is 29.2 Å². The maximum atomic E-state index is 12.6. The summed E-state index contributed by atoms with van der Waals surface area (Å²) in [6.45, 7) is 2.52. The molecule has 0 unspecified atom stereocenters. The lowest BCUT2D eigenvalue weighted by Crippen LogP contribution is -2.47. The van der Waals surface area contributed by atoms with E-state index in [0.717, 1.165) is 47.2 Å². The topological polar surface area (TPSA) is 66.9 Å². The molecule has 2 aliphatic heterocycles. The molecule has 7 heteroatoms. The quantitative estimate of drug-likeness (QED) is 0.758. The second-order valence-corrected chi connectivity index (χ2v) is 7.47. The molecule has 0 aliphatic carbocycles. The van der Waals surface area contributed by atoms with Crippen LogP contribution >= 0.6 is 11.8 Å². The highest BCUT2D eigenvalue weighted by Gasteiger charge is 2.37. The van der Waals surface area contributed by atoms with Crippen LogP contribution in [0.25, 0.3) is 6.08 Å². The molecule has 26 heavy (non-hydrogen) atoms. The Morgan fingerprint density at radius 1 is 1.27 bits per heavy atom. The van der Waals surface area contributed by atoms with Crippen molar-refractivity contribution in [1.82, 2.24) is 9.80 Å². The van der Waals surface area contributed by atoms with Gasteiger partial charge in [-0.15, -0.1) is 0 Å². The van der Waals surface area contributed by atoms with Crippen LogP contribution in [0.1, 0.15) is 31.7 Å². The monoisotopic (exact) mass is 374 g/mol. The summed E-state index contributed by atoms with van der Waals surface area (Å²) in [6, 6.07) is 7.36. The fraction of sp³-hybridized carbons (Fsp3) is 0.421. The second kappa shape index (κ2) is 7.95. The van der Waals surface area contributed by atoms with Crippen molar-refractivity contribution in [3.05, 3.63) is 34.7 Å². The summed E-state index contributed by atoms with van der Waals surface area (Å²) in [5.74, 6) is 0.149. The molecule has 3 rings (SSSR count). The van der Waals surface area contributed by atoms with Crippen LogP contribution < -0.4 is 4.74 Å². The molecule has 0 bridgehead atoms. The summed E-state index contributed by atoms with van der Waals surface area (Å²) in [4.78, 5) is 40.5. The fourth-order valence-corrected chi connectivity index (χ4v) is 4.02. The van der Waals surface area contributed by atoms with Crippen molar-refractivity contribution in [1.29, 1.82) is 0 Å². The van der Waals surface area contributed by atoms with Crippen LogP contribution in [0, 0.1) is 0 Å². The number of carbonyl (C=O) groups excluding carboxylic acids is 3. The van der Waals surface area contributed by atoms with Gasteiger partial charge in [0.2, 0.25) is 5.91 Å². The average molecular weight is 374 g/mol. The molecule has 0 spiro atoms. The minimum atomic E-state index is -0.408. The molecule has 1 aromatic rings.